The number of nitrogens with one attached hydrogen (secondary N) is 1. The van der Waals surface area contributed by atoms with Crippen molar-refractivity contribution in [3.63, 3.8) is 0 Å². The molecule has 6 heavy (non-hydrogen) atoms. The molecule has 0 aromatic rings. The highest BCUT2D eigenvalue weighted by Crippen LogP contribution is 1.71. The summed E-state index contributed by atoms with van der Waals surface area (Å²) in [5.74, 6) is 0. The molecule has 0 aromatic heterocycles. The monoisotopic (exact) mass is 87.0 g/mol. The number of hydrogen-bond acceptors (Lipinski definition) is 2. The standard InChI is InChI=1S/HN5O/c1-2-3-4-5-6/h1H. The molecular formula is HN5O. The summed E-state index contributed by atoms with van der Waals surface area (Å²) in [7, 11) is 0. The van der Waals surface area contributed by atoms with Crippen molar-refractivity contribution in [3.8, 4) is 0 Å². The SMILES string of the molecule is N=NN=NN=O. The normalized spacial score (nSPS) is 8.67. The molecule has 0 saturated heterocycles. The van der Waals surface area contributed by atoms with Gasteiger partial charge >= 0.3 is 0 Å². The third kappa shape index (κ3) is 2.80. The minimum Gasteiger partial charge on any atom is -0.183 e. The first kappa shape index (κ1) is 4.80. The van der Waals surface area contributed by atoms with Crippen molar-refractivity contribution in [1.29, 1.82) is 5.53 Å². The highest BCUT2D eigenvalue weighted by atomic mass is 16.3. The van der Waals surface area contributed by atoms with Gasteiger partial charge in [-0.05, 0) is 10.4 Å². The van der Waals surface area contributed by atoms with Crippen molar-refractivity contribution < 1.29 is 0 Å². The second-order valence-electron chi connectivity index (χ2n) is 0.361. The van der Waals surface area contributed by atoms with Gasteiger partial charge in [0.15, 0.2) is 0 Å². The summed E-state index contributed by atoms with van der Waals surface area (Å²) in [6, 6.07) is 0. The lowest BCUT2D eigenvalue weighted by Crippen LogP contribution is -1.36. The first-order chi connectivity index (χ1) is 2.91. The van der Waals surface area contributed by atoms with Crippen molar-refractivity contribution in [1.82, 2.24) is 0 Å². The van der Waals surface area contributed by atoms with Crippen LogP contribution >= 0.6 is 0 Å². The van der Waals surface area contributed by atoms with Gasteiger partial charge in [-0.1, -0.05) is 0 Å². The second-order valence-corrected chi connectivity index (χ2v) is 0.361. The molecule has 0 radical (unpaired) electrons. The molecule has 0 saturated carbocycles. The first-order valence-electron chi connectivity index (χ1n) is 1.01. The molecule has 6 nitrogen and oxygen atoms in total. The molecule has 0 spiro atoms. The Labute approximate surface area is 32.7 Å². The fourth-order valence-corrected chi connectivity index (χ4v) is 0.0363. The molecule has 0 bridgehead atoms. The number of rotatable bonds is 2. The number of hydrogen-bond donors (Lipinski definition) is 1. The van der Waals surface area contributed by atoms with E-state index in [1.807, 2.05) is 5.29 Å². The minimum atomic E-state index is 1.92. The van der Waals surface area contributed by atoms with Gasteiger partial charge < -0.3 is 0 Å². The first-order valence-corrected chi connectivity index (χ1v) is 1.01. The van der Waals surface area contributed by atoms with Gasteiger partial charge in [0.1, 0.15) is 5.29 Å². The molecular weight excluding hydrogens is 86.0 g/mol. The van der Waals surface area contributed by atoms with Crippen LogP contribution in [-0.4, -0.2) is 0 Å². The summed E-state index contributed by atoms with van der Waals surface area (Å²) >= 11 is 0. The predicted octanol–water partition coefficient (Wildman–Crippen LogP) is 1.07. The van der Waals surface area contributed by atoms with Crippen molar-refractivity contribution >= 4 is 0 Å². The molecule has 0 atom stereocenters. The second kappa shape index (κ2) is 3.80. The summed E-state index contributed by atoms with van der Waals surface area (Å²) in [5, 5.41) is 9.22. The zero-order chi connectivity index (χ0) is 4.83. The van der Waals surface area contributed by atoms with Gasteiger partial charge in [-0.25, -0.2) is 0 Å². The van der Waals surface area contributed by atoms with E-state index in [-0.39, 0.29) is 0 Å². The molecule has 0 amide bonds. The molecule has 0 unspecified atom stereocenters. The van der Waals surface area contributed by atoms with Gasteiger partial charge in [0, 0.05) is 5.22 Å². The van der Waals surface area contributed by atoms with Crippen LogP contribution in [-0.2, 0) is 0 Å². The van der Waals surface area contributed by atoms with Crippen molar-refractivity contribution in [2.24, 2.45) is 21.0 Å². The fraction of sp³-hybridized carbons (Fsp3) is 0. The minimum absolute atomic E-state index is 1.92. The molecule has 0 aliphatic heterocycles. The van der Waals surface area contributed by atoms with Gasteiger partial charge in [-0.2, -0.15) is 5.53 Å². The Kier molecular flexibility index (Phi) is 3.04. The topological polar surface area (TPSA) is 90.4 Å². The van der Waals surface area contributed by atoms with Gasteiger partial charge in [-0.15, -0.1) is 4.91 Å². The van der Waals surface area contributed by atoms with Gasteiger partial charge in [0.25, 0.3) is 0 Å². The van der Waals surface area contributed by atoms with Crippen LogP contribution < -0.4 is 0 Å². The summed E-state index contributed by atoms with van der Waals surface area (Å²) in [6.07, 6.45) is 0. The summed E-state index contributed by atoms with van der Waals surface area (Å²) in [5.41, 5.74) is 5.87. The number of nitroso groups, excluding NO2 is 1. The quantitative estimate of drug-likeness (QED) is 0.304. The van der Waals surface area contributed by atoms with E-state index in [2.05, 4.69) is 15.7 Å². The van der Waals surface area contributed by atoms with Gasteiger partial charge in [0.2, 0.25) is 0 Å². The average molecular weight is 87.0 g/mol. The van der Waals surface area contributed by atoms with Crippen LogP contribution in [0.4, 0.5) is 0 Å². The Morgan fingerprint density at radius 3 is 2.17 bits per heavy atom. The van der Waals surface area contributed by atoms with E-state index >= 15 is 0 Å². The zero-order valence-electron chi connectivity index (χ0n) is 2.70. The van der Waals surface area contributed by atoms with Crippen molar-refractivity contribution in [2.45, 2.75) is 0 Å². The molecule has 1 N–H and O–H groups in total. The molecule has 6 heteroatoms. The van der Waals surface area contributed by atoms with E-state index in [1.54, 1.807) is 0 Å². The lowest BCUT2D eigenvalue weighted by atomic mass is 12.5. The van der Waals surface area contributed by atoms with Crippen LogP contribution in [0, 0.1) is 10.4 Å². The summed E-state index contributed by atoms with van der Waals surface area (Å²) in [4.78, 5) is 8.91. The van der Waals surface area contributed by atoms with Crippen LogP contribution in [0.25, 0.3) is 0 Å². The maximum Gasteiger partial charge on any atom is 0.102 e. The van der Waals surface area contributed by atoms with E-state index in [0.717, 1.165) is 0 Å². The van der Waals surface area contributed by atoms with Gasteiger partial charge in [-0.3, -0.25) is 0 Å². The Hall–Kier alpha value is -1.20. The molecule has 0 fully saturated rings. The highest BCUT2D eigenvalue weighted by molar-refractivity contribution is 4.06. The average Bonchev–Trinajstić information content (AvgIpc) is 1.61. The fourth-order valence-electron chi connectivity index (χ4n) is 0.0363. The third-order valence-corrected chi connectivity index (χ3v) is 0.121. The number of nitrogens with zero attached hydrogens (tertiary/aromatic N) is 4. The summed E-state index contributed by atoms with van der Waals surface area (Å²) in [6.45, 7) is 0. The maximum absolute atomic E-state index is 8.91. The van der Waals surface area contributed by atoms with E-state index < -0.39 is 0 Å². The molecule has 0 aromatic carbocycles. The van der Waals surface area contributed by atoms with E-state index in [4.69, 9.17) is 10.4 Å². The third-order valence-electron chi connectivity index (χ3n) is 0.121. The molecule has 0 aliphatic rings. The van der Waals surface area contributed by atoms with Crippen molar-refractivity contribution in [3.05, 3.63) is 4.91 Å². The van der Waals surface area contributed by atoms with Crippen LogP contribution in [0.5, 0.6) is 0 Å². The van der Waals surface area contributed by atoms with Crippen LogP contribution in [0.1, 0.15) is 0 Å². The molecule has 0 heterocycles. The van der Waals surface area contributed by atoms with E-state index in [0.29, 0.717) is 0 Å². The van der Waals surface area contributed by atoms with Crippen molar-refractivity contribution in [2.75, 3.05) is 0 Å². The lowest BCUT2D eigenvalue weighted by Gasteiger charge is -1.53. The van der Waals surface area contributed by atoms with Gasteiger partial charge in [0.05, 0.1) is 0 Å². The highest BCUT2D eigenvalue weighted by Gasteiger charge is 1.55. The Bertz CT molecular complexity index is 62.0. The predicted molar refractivity (Wildman–Crippen MR) is 15.8 cm³/mol. The zero-order valence-corrected chi connectivity index (χ0v) is 2.70. The van der Waals surface area contributed by atoms with E-state index in [9.17, 15) is 0 Å². The molecule has 0 aliphatic carbocycles. The van der Waals surface area contributed by atoms with Crippen LogP contribution in [0.2, 0.25) is 0 Å². The Morgan fingerprint density at radius 1 is 1.33 bits per heavy atom. The van der Waals surface area contributed by atoms with E-state index in [1.165, 1.54) is 0 Å². The largest absolute Gasteiger partial charge is 0.183 e. The lowest BCUT2D eigenvalue weighted by molar-refractivity contribution is 0.856. The van der Waals surface area contributed by atoms with Crippen LogP contribution in [0.15, 0.2) is 21.0 Å². The smallest absolute Gasteiger partial charge is 0.102 e. The summed E-state index contributed by atoms with van der Waals surface area (Å²) < 4.78 is 0. The Morgan fingerprint density at radius 2 is 2.00 bits per heavy atom. The van der Waals surface area contributed by atoms with Crippen LogP contribution in [0.3, 0.4) is 0 Å². The molecule has 0 rings (SSSR count). The maximum atomic E-state index is 8.91. The Balaban J connectivity index is 3.17. The molecule has 32 valence electrons.